The molecule has 19 heavy (non-hydrogen) atoms. The van der Waals surface area contributed by atoms with Crippen molar-refractivity contribution >= 4 is 0 Å². The van der Waals surface area contributed by atoms with E-state index in [1.54, 1.807) is 0 Å². The molecule has 0 heterocycles. The molecule has 2 rings (SSSR count). The van der Waals surface area contributed by atoms with Gasteiger partial charge in [-0.1, -0.05) is 32.4 Å². The third kappa shape index (κ3) is 3.11. The molecule has 3 atom stereocenters. The van der Waals surface area contributed by atoms with Gasteiger partial charge < -0.3 is 9.84 Å². The summed E-state index contributed by atoms with van der Waals surface area (Å²) in [6.45, 7) is 8.42. The van der Waals surface area contributed by atoms with Crippen LogP contribution in [0.3, 0.4) is 0 Å². The molecule has 0 radical (unpaired) electrons. The minimum atomic E-state index is -0.700. The highest BCUT2D eigenvalue weighted by atomic mass is 16.5. The SMILES string of the molecule is CC1CCC(C)C(O)(c2cccc(OC(C)C)c2)C1. The van der Waals surface area contributed by atoms with Gasteiger partial charge in [0, 0.05) is 0 Å². The van der Waals surface area contributed by atoms with E-state index in [0.717, 1.165) is 24.2 Å². The highest BCUT2D eigenvalue weighted by Gasteiger charge is 2.40. The smallest absolute Gasteiger partial charge is 0.120 e. The summed E-state index contributed by atoms with van der Waals surface area (Å²) >= 11 is 0. The van der Waals surface area contributed by atoms with Crippen LogP contribution in [0.25, 0.3) is 0 Å². The van der Waals surface area contributed by atoms with Crippen LogP contribution in [0.4, 0.5) is 0 Å². The molecule has 2 heteroatoms. The molecule has 0 bridgehead atoms. The van der Waals surface area contributed by atoms with Crippen LogP contribution in [0, 0.1) is 11.8 Å². The maximum absolute atomic E-state index is 11.1. The molecular weight excluding hydrogens is 236 g/mol. The normalized spacial score (nSPS) is 31.5. The summed E-state index contributed by atoms with van der Waals surface area (Å²) in [6, 6.07) is 7.98. The lowest BCUT2D eigenvalue weighted by Crippen LogP contribution is -2.39. The summed E-state index contributed by atoms with van der Waals surface area (Å²) < 4.78 is 5.74. The van der Waals surface area contributed by atoms with E-state index in [-0.39, 0.29) is 6.10 Å². The average molecular weight is 262 g/mol. The second-order valence-corrected chi connectivity index (χ2v) is 6.41. The van der Waals surface area contributed by atoms with Gasteiger partial charge in [-0.25, -0.2) is 0 Å². The van der Waals surface area contributed by atoms with Crippen LogP contribution in [-0.2, 0) is 5.60 Å². The Morgan fingerprint density at radius 1 is 1.26 bits per heavy atom. The van der Waals surface area contributed by atoms with Crippen molar-refractivity contribution in [2.45, 2.75) is 58.7 Å². The maximum atomic E-state index is 11.1. The minimum Gasteiger partial charge on any atom is -0.491 e. The largest absolute Gasteiger partial charge is 0.491 e. The highest BCUT2D eigenvalue weighted by Crippen LogP contribution is 2.44. The molecule has 2 nitrogen and oxygen atoms in total. The molecule has 1 aromatic rings. The third-order valence-corrected chi connectivity index (χ3v) is 4.27. The molecule has 0 spiro atoms. The number of aliphatic hydroxyl groups is 1. The summed E-state index contributed by atoms with van der Waals surface area (Å²) in [5, 5.41) is 11.1. The van der Waals surface area contributed by atoms with Gasteiger partial charge in [0.15, 0.2) is 0 Å². The molecule has 0 aromatic heterocycles. The first-order valence-electron chi connectivity index (χ1n) is 7.41. The van der Waals surface area contributed by atoms with Gasteiger partial charge in [-0.15, -0.1) is 0 Å². The van der Waals surface area contributed by atoms with Gasteiger partial charge in [-0.05, 0) is 56.2 Å². The van der Waals surface area contributed by atoms with Gasteiger partial charge >= 0.3 is 0 Å². The predicted molar refractivity (Wildman–Crippen MR) is 78.3 cm³/mol. The molecule has 0 aliphatic heterocycles. The van der Waals surface area contributed by atoms with Crippen LogP contribution >= 0.6 is 0 Å². The van der Waals surface area contributed by atoms with Crippen molar-refractivity contribution in [3.63, 3.8) is 0 Å². The van der Waals surface area contributed by atoms with Gasteiger partial charge in [-0.2, -0.15) is 0 Å². The Bertz CT molecular complexity index is 427. The van der Waals surface area contributed by atoms with E-state index in [1.807, 2.05) is 38.1 Å². The lowest BCUT2D eigenvalue weighted by atomic mass is 9.69. The standard InChI is InChI=1S/C17H26O2/c1-12(2)19-16-7-5-6-15(10-16)17(18)11-13(3)8-9-14(17)4/h5-7,10,12-14,18H,8-9,11H2,1-4H3. The van der Waals surface area contributed by atoms with Crippen LogP contribution in [0.1, 0.15) is 52.5 Å². The second-order valence-electron chi connectivity index (χ2n) is 6.41. The Morgan fingerprint density at radius 2 is 2.00 bits per heavy atom. The maximum Gasteiger partial charge on any atom is 0.120 e. The first kappa shape index (κ1) is 14.4. The van der Waals surface area contributed by atoms with Crippen LogP contribution in [0.5, 0.6) is 5.75 Å². The van der Waals surface area contributed by atoms with Crippen molar-refractivity contribution in [3.8, 4) is 5.75 Å². The Morgan fingerprint density at radius 3 is 2.68 bits per heavy atom. The lowest BCUT2D eigenvalue weighted by Gasteiger charge is -2.41. The Kier molecular flexibility index (Phi) is 4.19. The van der Waals surface area contributed by atoms with Crippen molar-refractivity contribution in [3.05, 3.63) is 29.8 Å². The van der Waals surface area contributed by atoms with E-state index in [2.05, 4.69) is 13.8 Å². The van der Waals surface area contributed by atoms with Crippen molar-refractivity contribution in [2.24, 2.45) is 11.8 Å². The fourth-order valence-electron chi connectivity index (χ4n) is 3.12. The van der Waals surface area contributed by atoms with E-state index in [1.165, 1.54) is 6.42 Å². The van der Waals surface area contributed by atoms with Crippen molar-refractivity contribution in [1.82, 2.24) is 0 Å². The Labute approximate surface area is 116 Å². The number of hydrogen-bond acceptors (Lipinski definition) is 2. The first-order chi connectivity index (χ1) is 8.91. The molecule has 1 aliphatic rings. The van der Waals surface area contributed by atoms with Crippen molar-refractivity contribution < 1.29 is 9.84 Å². The molecule has 1 aliphatic carbocycles. The summed E-state index contributed by atoms with van der Waals surface area (Å²) in [4.78, 5) is 0. The number of ether oxygens (including phenoxy) is 1. The number of benzene rings is 1. The van der Waals surface area contributed by atoms with Gasteiger partial charge in [0.1, 0.15) is 5.75 Å². The monoisotopic (exact) mass is 262 g/mol. The Balaban J connectivity index is 2.28. The quantitative estimate of drug-likeness (QED) is 0.888. The molecule has 1 N–H and O–H groups in total. The van der Waals surface area contributed by atoms with E-state index < -0.39 is 5.60 Å². The van der Waals surface area contributed by atoms with Crippen molar-refractivity contribution in [2.75, 3.05) is 0 Å². The van der Waals surface area contributed by atoms with Gasteiger partial charge in [-0.3, -0.25) is 0 Å². The third-order valence-electron chi connectivity index (χ3n) is 4.27. The lowest BCUT2D eigenvalue weighted by molar-refractivity contribution is -0.0628. The molecule has 0 amide bonds. The van der Waals surface area contributed by atoms with E-state index in [9.17, 15) is 5.11 Å². The molecule has 1 aromatic carbocycles. The van der Waals surface area contributed by atoms with E-state index in [4.69, 9.17) is 4.74 Å². The van der Waals surface area contributed by atoms with Gasteiger partial charge in [0.2, 0.25) is 0 Å². The first-order valence-corrected chi connectivity index (χ1v) is 7.41. The molecule has 0 saturated heterocycles. The van der Waals surface area contributed by atoms with Gasteiger partial charge in [0.25, 0.3) is 0 Å². The molecular formula is C17H26O2. The topological polar surface area (TPSA) is 29.5 Å². The van der Waals surface area contributed by atoms with Crippen LogP contribution in [0.2, 0.25) is 0 Å². The summed E-state index contributed by atoms with van der Waals surface area (Å²) in [6.07, 6.45) is 3.31. The molecule has 1 fully saturated rings. The average Bonchev–Trinajstić information content (AvgIpc) is 2.34. The Hall–Kier alpha value is -1.02. The second kappa shape index (κ2) is 5.54. The molecule has 1 saturated carbocycles. The molecule has 3 unspecified atom stereocenters. The van der Waals surface area contributed by atoms with E-state index >= 15 is 0 Å². The number of hydrogen-bond donors (Lipinski definition) is 1. The fraction of sp³-hybridized carbons (Fsp3) is 0.647. The summed E-state index contributed by atoms with van der Waals surface area (Å²) in [7, 11) is 0. The fourth-order valence-corrected chi connectivity index (χ4v) is 3.12. The van der Waals surface area contributed by atoms with Crippen LogP contribution < -0.4 is 4.74 Å². The highest BCUT2D eigenvalue weighted by molar-refractivity contribution is 5.33. The van der Waals surface area contributed by atoms with Crippen LogP contribution in [-0.4, -0.2) is 11.2 Å². The summed E-state index contributed by atoms with van der Waals surface area (Å²) in [5.74, 6) is 1.74. The predicted octanol–water partition coefficient (Wildman–Crippen LogP) is 4.12. The van der Waals surface area contributed by atoms with E-state index in [0.29, 0.717) is 11.8 Å². The zero-order chi connectivity index (χ0) is 14.0. The van der Waals surface area contributed by atoms with Gasteiger partial charge in [0.05, 0.1) is 11.7 Å². The number of rotatable bonds is 3. The molecule has 106 valence electrons. The van der Waals surface area contributed by atoms with Crippen molar-refractivity contribution in [1.29, 1.82) is 0 Å². The zero-order valence-corrected chi connectivity index (χ0v) is 12.5. The summed E-state index contributed by atoms with van der Waals surface area (Å²) in [5.41, 5.74) is 0.304. The minimum absolute atomic E-state index is 0.160. The van der Waals surface area contributed by atoms with Crippen LogP contribution in [0.15, 0.2) is 24.3 Å². The zero-order valence-electron chi connectivity index (χ0n) is 12.5.